The third-order valence-corrected chi connectivity index (χ3v) is 4.84. The third-order valence-electron chi connectivity index (χ3n) is 4.84. The number of nitrogens with zero attached hydrogens (tertiary/aromatic N) is 5. The van der Waals surface area contributed by atoms with Crippen LogP contribution in [-0.4, -0.2) is 51.1 Å². The van der Waals surface area contributed by atoms with Crippen molar-refractivity contribution in [3.63, 3.8) is 0 Å². The average molecular weight is 343 g/mol. The predicted octanol–water partition coefficient (Wildman–Crippen LogP) is 2.03. The fourth-order valence-corrected chi connectivity index (χ4v) is 3.18. The third kappa shape index (κ3) is 4.85. The van der Waals surface area contributed by atoms with Crippen molar-refractivity contribution in [3.05, 3.63) is 41.5 Å². The molecule has 0 aliphatic carbocycles. The van der Waals surface area contributed by atoms with Gasteiger partial charge in [0, 0.05) is 26.2 Å². The van der Waals surface area contributed by atoms with E-state index in [4.69, 9.17) is 0 Å². The van der Waals surface area contributed by atoms with E-state index in [1.165, 1.54) is 0 Å². The van der Waals surface area contributed by atoms with Gasteiger partial charge in [-0.2, -0.15) is 0 Å². The Hall–Kier alpha value is -2.28. The van der Waals surface area contributed by atoms with Crippen LogP contribution >= 0.6 is 0 Å². The van der Waals surface area contributed by atoms with Gasteiger partial charge in [-0.1, -0.05) is 16.4 Å². The molecule has 2 aromatic rings. The highest BCUT2D eigenvalue weighted by Gasteiger charge is 2.23. The molecule has 0 bridgehead atoms. The zero-order chi connectivity index (χ0) is 17.6. The molecule has 7 nitrogen and oxygen atoms in total. The van der Waals surface area contributed by atoms with Crippen LogP contribution in [0.4, 0.5) is 0 Å². The van der Waals surface area contributed by atoms with Gasteiger partial charge in [0.2, 0.25) is 5.91 Å². The molecule has 1 amide bonds. The second-order valence-electron chi connectivity index (χ2n) is 6.79. The highest BCUT2D eigenvalue weighted by atomic mass is 16.6. The molecular weight excluding hydrogens is 318 g/mol. The SMILES string of the molecule is Cc1nonc1CN(C)C(=O)CC1CCN(Cc2ccccn2)CC1. The first-order chi connectivity index (χ1) is 12.1. The predicted molar refractivity (Wildman–Crippen MR) is 92.4 cm³/mol. The Morgan fingerprint density at radius 1 is 1.32 bits per heavy atom. The summed E-state index contributed by atoms with van der Waals surface area (Å²) in [5.41, 5.74) is 2.57. The summed E-state index contributed by atoms with van der Waals surface area (Å²) in [6.45, 7) is 5.21. The van der Waals surface area contributed by atoms with Crippen molar-refractivity contribution in [2.45, 2.75) is 39.3 Å². The molecule has 0 unspecified atom stereocenters. The molecule has 1 aliphatic rings. The van der Waals surface area contributed by atoms with Crippen molar-refractivity contribution in [3.8, 4) is 0 Å². The Bertz CT molecular complexity index is 680. The molecule has 2 aromatic heterocycles. The van der Waals surface area contributed by atoms with Crippen LogP contribution in [0.2, 0.25) is 0 Å². The average Bonchev–Trinajstić information content (AvgIpc) is 3.02. The van der Waals surface area contributed by atoms with Gasteiger partial charge in [0.05, 0.1) is 12.2 Å². The highest BCUT2D eigenvalue weighted by molar-refractivity contribution is 5.76. The minimum absolute atomic E-state index is 0.158. The Balaban J connectivity index is 1.42. The van der Waals surface area contributed by atoms with Crippen LogP contribution in [0, 0.1) is 12.8 Å². The minimum Gasteiger partial charge on any atom is -0.340 e. The maximum Gasteiger partial charge on any atom is 0.222 e. The van der Waals surface area contributed by atoms with Crippen molar-refractivity contribution in [2.75, 3.05) is 20.1 Å². The van der Waals surface area contributed by atoms with Crippen molar-refractivity contribution < 1.29 is 9.42 Å². The van der Waals surface area contributed by atoms with Gasteiger partial charge in [0.15, 0.2) is 0 Å². The summed E-state index contributed by atoms with van der Waals surface area (Å²) in [6, 6.07) is 6.02. The van der Waals surface area contributed by atoms with Crippen molar-refractivity contribution in [1.29, 1.82) is 0 Å². The molecule has 0 radical (unpaired) electrons. The number of pyridine rings is 1. The van der Waals surface area contributed by atoms with E-state index in [1.54, 1.807) is 4.90 Å². The first kappa shape index (κ1) is 17.5. The lowest BCUT2D eigenvalue weighted by Gasteiger charge is -2.32. The van der Waals surface area contributed by atoms with E-state index in [-0.39, 0.29) is 5.91 Å². The number of carbonyl (C=O) groups is 1. The molecule has 0 aromatic carbocycles. The number of rotatable bonds is 6. The lowest BCUT2D eigenvalue weighted by molar-refractivity contribution is -0.131. The lowest BCUT2D eigenvalue weighted by atomic mass is 9.93. The number of aryl methyl sites for hydroxylation is 1. The fraction of sp³-hybridized carbons (Fsp3) is 0.556. The van der Waals surface area contributed by atoms with E-state index < -0.39 is 0 Å². The molecule has 0 atom stereocenters. The monoisotopic (exact) mass is 343 g/mol. The summed E-state index contributed by atoms with van der Waals surface area (Å²) in [7, 11) is 1.81. The van der Waals surface area contributed by atoms with Crippen LogP contribution in [0.25, 0.3) is 0 Å². The largest absolute Gasteiger partial charge is 0.340 e. The van der Waals surface area contributed by atoms with Crippen LogP contribution in [-0.2, 0) is 17.9 Å². The topological polar surface area (TPSA) is 75.4 Å². The summed E-state index contributed by atoms with van der Waals surface area (Å²) in [5, 5.41) is 7.59. The molecule has 3 heterocycles. The Morgan fingerprint density at radius 3 is 2.76 bits per heavy atom. The number of hydrogen-bond acceptors (Lipinski definition) is 6. The van der Waals surface area contributed by atoms with Gasteiger partial charge in [0.1, 0.15) is 11.4 Å². The van der Waals surface area contributed by atoms with Crippen molar-refractivity contribution in [1.82, 2.24) is 25.1 Å². The molecule has 3 rings (SSSR count). The molecule has 25 heavy (non-hydrogen) atoms. The van der Waals surface area contributed by atoms with E-state index in [2.05, 4.69) is 30.9 Å². The van der Waals surface area contributed by atoms with Gasteiger partial charge in [-0.15, -0.1) is 0 Å². The smallest absolute Gasteiger partial charge is 0.222 e. The van der Waals surface area contributed by atoms with Gasteiger partial charge in [-0.25, -0.2) is 4.63 Å². The zero-order valence-corrected chi connectivity index (χ0v) is 14.9. The molecule has 1 fully saturated rings. The summed E-state index contributed by atoms with van der Waals surface area (Å²) in [6.07, 6.45) is 4.54. The maximum atomic E-state index is 12.4. The molecule has 0 N–H and O–H groups in total. The molecular formula is C18H25N5O2. The second kappa shape index (κ2) is 8.20. The minimum atomic E-state index is 0.158. The molecule has 7 heteroatoms. The van der Waals surface area contributed by atoms with E-state index >= 15 is 0 Å². The zero-order valence-electron chi connectivity index (χ0n) is 14.9. The van der Waals surface area contributed by atoms with E-state index in [9.17, 15) is 4.79 Å². The van der Waals surface area contributed by atoms with E-state index in [1.807, 2.05) is 32.3 Å². The summed E-state index contributed by atoms with van der Waals surface area (Å²) < 4.78 is 4.69. The number of hydrogen-bond donors (Lipinski definition) is 0. The molecule has 1 saturated heterocycles. The Morgan fingerprint density at radius 2 is 2.12 bits per heavy atom. The van der Waals surface area contributed by atoms with E-state index in [0.29, 0.717) is 18.9 Å². The number of amides is 1. The first-order valence-corrected chi connectivity index (χ1v) is 8.76. The normalized spacial score (nSPS) is 16.1. The van der Waals surface area contributed by atoms with Gasteiger partial charge in [0.25, 0.3) is 0 Å². The highest BCUT2D eigenvalue weighted by Crippen LogP contribution is 2.22. The number of carbonyl (C=O) groups excluding carboxylic acids is 1. The number of piperidine rings is 1. The van der Waals surface area contributed by atoms with Gasteiger partial charge >= 0.3 is 0 Å². The van der Waals surface area contributed by atoms with Gasteiger partial charge in [-0.05, 0) is 50.9 Å². The van der Waals surface area contributed by atoms with E-state index in [0.717, 1.165) is 49.6 Å². The van der Waals surface area contributed by atoms with Crippen LogP contribution in [0.15, 0.2) is 29.0 Å². The van der Waals surface area contributed by atoms with Crippen molar-refractivity contribution in [2.24, 2.45) is 5.92 Å². The summed E-state index contributed by atoms with van der Waals surface area (Å²) in [5.74, 6) is 0.608. The summed E-state index contributed by atoms with van der Waals surface area (Å²) in [4.78, 5) is 21.0. The lowest BCUT2D eigenvalue weighted by Crippen LogP contribution is -2.36. The maximum absolute atomic E-state index is 12.4. The standard InChI is InChI=1S/C18H25N5O2/c1-14-17(21-25-20-14)13-22(2)18(24)11-15-6-9-23(10-7-15)12-16-5-3-4-8-19-16/h3-5,8,15H,6-7,9-13H2,1-2H3. The quantitative estimate of drug-likeness (QED) is 0.799. The fourth-order valence-electron chi connectivity index (χ4n) is 3.18. The summed E-state index contributed by atoms with van der Waals surface area (Å²) >= 11 is 0. The van der Waals surface area contributed by atoms with Crippen LogP contribution in [0.3, 0.4) is 0 Å². The van der Waals surface area contributed by atoms with Crippen LogP contribution in [0.5, 0.6) is 0 Å². The first-order valence-electron chi connectivity index (χ1n) is 8.76. The molecule has 0 saturated carbocycles. The Labute approximate surface area is 148 Å². The van der Waals surface area contributed by atoms with Gasteiger partial charge < -0.3 is 4.90 Å². The van der Waals surface area contributed by atoms with Crippen LogP contribution in [0.1, 0.15) is 36.3 Å². The second-order valence-corrected chi connectivity index (χ2v) is 6.79. The van der Waals surface area contributed by atoms with Crippen LogP contribution < -0.4 is 0 Å². The number of aromatic nitrogens is 3. The Kier molecular flexibility index (Phi) is 5.75. The van der Waals surface area contributed by atoms with Gasteiger partial charge in [-0.3, -0.25) is 14.7 Å². The molecule has 1 aliphatic heterocycles. The molecule has 0 spiro atoms. The van der Waals surface area contributed by atoms with Crippen molar-refractivity contribution >= 4 is 5.91 Å². The number of likely N-dealkylation sites (tertiary alicyclic amines) is 1. The molecule has 134 valence electrons.